The highest BCUT2D eigenvalue weighted by Gasteiger charge is 2.04. The molecular weight excluding hydrogens is 232 g/mol. The van der Waals surface area contributed by atoms with E-state index in [9.17, 15) is 0 Å². The van der Waals surface area contributed by atoms with Crippen LogP contribution in [0.3, 0.4) is 0 Å². The Balaban J connectivity index is 2.43. The van der Waals surface area contributed by atoms with Crippen molar-refractivity contribution in [2.75, 3.05) is 25.7 Å². The molecule has 17 heavy (non-hydrogen) atoms. The minimum atomic E-state index is 0.801. The van der Waals surface area contributed by atoms with Crippen molar-refractivity contribution in [2.24, 2.45) is 0 Å². The molecule has 3 heteroatoms. The van der Waals surface area contributed by atoms with Gasteiger partial charge in [-0.15, -0.1) is 0 Å². The minimum absolute atomic E-state index is 0.801. The summed E-state index contributed by atoms with van der Waals surface area (Å²) in [5.41, 5.74) is 1.31. The Bertz CT molecular complexity index is 326. The van der Waals surface area contributed by atoms with Crippen LogP contribution in [0.4, 0.5) is 0 Å². The SMILES string of the molecule is CCCCSCCc1ccc(OC)c(OC)c1. The maximum Gasteiger partial charge on any atom is 0.160 e. The number of rotatable bonds is 8. The number of aryl methyl sites for hydroxylation is 1. The monoisotopic (exact) mass is 254 g/mol. The number of hydrogen-bond acceptors (Lipinski definition) is 3. The lowest BCUT2D eigenvalue weighted by Gasteiger charge is -2.09. The fourth-order valence-electron chi connectivity index (χ4n) is 1.57. The smallest absolute Gasteiger partial charge is 0.160 e. The van der Waals surface area contributed by atoms with Crippen LogP contribution in [0.5, 0.6) is 11.5 Å². The molecule has 0 radical (unpaired) electrons. The van der Waals surface area contributed by atoms with Crippen molar-refractivity contribution >= 4 is 11.8 Å². The number of benzene rings is 1. The Morgan fingerprint density at radius 3 is 2.47 bits per heavy atom. The van der Waals surface area contributed by atoms with Gasteiger partial charge in [0.25, 0.3) is 0 Å². The quantitative estimate of drug-likeness (QED) is 0.658. The molecule has 0 aliphatic heterocycles. The lowest BCUT2D eigenvalue weighted by molar-refractivity contribution is 0.354. The molecule has 2 nitrogen and oxygen atoms in total. The minimum Gasteiger partial charge on any atom is -0.493 e. The maximum atomic E-state index is 5.29. The predicted octanol–water partition coefficient (Wildman–Crippen LogP) is 3.78. The third kappa shape index (κ3) is 4.90. The summed E-state index contributed by atoms with van der Waals surface area (Å²) >= 11 is 2.02. The molecule has 0 spiro atoms. The number of methoxy groups -OCH3 is 2. The molecule has 0 heterocycles. The number of unbranched alkanes of at least 4 members (excludes halogenated alkanes) is 1. The van der Waals surface area contributed by atoms with Crippen molar-refractivity contribution < 1.29 is 9.47 Å². The summed E-state index contributed by atoms with van der Waals surface area (Å²) in [4.78, 5) is 0. The molecular formula is C14H22O2S. The lowest BCUT2D eigenvalue weighted by atomic mass is 10.1. The van der Waals surface area contributed by atoms with Crippen LogP contribution >= 0.6 is 11.8 Å². The Hall–Kier alpha value is -0.830. The fraction of sp³-hybridized carbons (Fsp3) is 0.571. The van der Waals surface area contributed by atoms with E-state index in [1.54, 1.807) is 14.2 Å². The van der Waals surface area contributed by atoms with Crippen LogP contribution < -0.4 is 9.47 Å². The molecule has 0 fully saturated rings. The molecule has 0 aliphatic rings. The molecule has 0 aliphatic carbocycles. The molecule has 0 N–H and O–H groups in total. The molecule has 0 aromatic heterocycles. The highest BCUT2D eigenvalue weighted by atomic mass is 32.2. The predicted molar refractivity (Wildman–Crippen MR) is 75.5 cm³/mol. The highest BCUT2D eigenvalue weighted by molar-refractivity contribution is 7.99. The largest absolute Gasteiger partial charge is 0.493 e. The summed E-state index contributed by atoms with van der Waals surface area (Å²) in [5, 5.41) is 0. The van der Waals surface area contributed by atoms with Gasteiger partial charge in [0.2, 0.25) is 0 Å². The molecule has 0 bridgehead atoms. The van der Waals surface area contributed by atoms with Gasteiger partial charge in [-0.2, -0.15) is 11.8 Å². The maximum absolute atomic E-state index is 5.29. The van der Waals surface area contributed by atoms with E-state index < -0.39 is 0 Å². The second-order valence-electron chi connectivity index (χ2n) is 3.91. The van der Waals surface area contributed by atoms with E-state index in [1.165, 1.54) is 29.9 Å². The topological polar surface area (TPSA) is 18.5 Å². The van der Waals surface area contributed by atoms with Gasteiger partial charge >= 0.3 is 0 Å². The van der Waals surface area contributed by atoms with E-state index in [0.717, 1.165) is 17.9 Å². The van der Waals surface area contributed by atoms with Gasteiger partial charge < -0.3 is 9.47 Å². The van der Waals surface area contributed by atoms with Crippen LogP contribution in [0.15, 0.2) is 18.2 Å². The molecule has 1 aromatic carbocycles. The third-order valence-corrected chi connectivity index (χ3v) is 3.70. The van der Waals surface area contributed by atoms with E-state index in [2.05, 4.69) is 19.1 Å². The van der Waals surface area contributed by atoms with Crippen LogP contribution in [0.1, 0.15) is 25.3 Å². The Morgan fingerprint density at radius 2 is 1.82 bits per heavy atom. The zero-order chi connectivity index (χ0) is 12.5. The molecule has 0 saturated heterocycles. The van der Waals surface area contributed by atoms with E-state index in [-0.39, 0.29) is 0 Å². The van der Waals surface area contributed by atoms with Gasteiger partial charge in [-0.1, -0.05) is 19.4 Å². The van der Waals surface area contributed by atoms with E-state index >= 15 is 0 Å². The normalized spacial score (nSPS) is 10.3. The lowest BCUT2D eigenvalue weighted by Crippen LogP contribution is -1.94. The number of hydrogen-bond donors (Lipinski definition) is 0. The Morgan fingerprint density at radius 1 is 1.06 bits per heavy atom. The molecule has 0 unspecified atom stereocenters. The van der Waals surface area contributed by atoms with Gasteiger partial charge in [0.05, 0.1) is 14.2 Å². The van der Waals surface area contributed by atoms with Gasteiger partial charge in [0.1, 0.15) is 0 Å². The molecule has 1 rings (SSSR count). The number of thioether (sulfide) groups is 1. The van der Waals surface area contributed by atoms with Crippen molar-refractivity contribution in [3.05, 3.63) is 23.8 Å². The average Bonchev–Trinajstić information content (AvgIpc) is 2.38. The van der Waals surface area contributed by atoms with Gasteiger partial charge in [-0.05, 0) is 42.0 Å². The van der Waals surface area contributed by atoms with Crippen molar-refractivity contribution in [3.8, 4) is 11.5 Å². The Kier molecular flexibility index (Phi) is 6.94. The van der Waals surface area contributed by atoms with Crippen molar-refractivity contribution in [3.63, 3.8) is 0 Å². The first-order chi connectivity index (χ1) is 8.31. The summed E-state index contributed by atoms with van der Waals surface area (Å²) in [6.07, 6.45) is 3.69. The van der Waals surface area contributed by atoms with Crippen molar-refractivity contribution in [1.29, 1.82) is 0 Å². The second-order valence-corrected chi connectivity index (χ2v) is 5.13. The standard InChI is InChI=1S/C14H22O2S/c1-4-5-9-17-10-8-12-6-7-13(15-2)14(11-12)16-3/h6-7,11H,4-5,8-10H2,1-3H3. The van der Waals surface area contributed by atoms with Crippen LogP contribution in [0.2, 0.25) is 0 Å². The zero-order valence-corrected chi connectivity index (χ0v) is 11.8. The van der Waals surface area contributed by atoms with Gasteiger partial charge in [-0.3, -0.25) is 0 Å². The van der Waals surface area contributed by atoms with E-state index in [1.807, 2.05) is 17.8 Å². The summed E-state index contributed by atoms with van der Waals surface area (Å²) in [5.74, 6) is 4.07. The van der Waals surface area contributed by atoms with Crippen LogP contribution in [0, 0.1) is 0 Å². The summed E-state index contributed by atoms with van der Waals surface area (Å²) in [6.45, 7) is 2.23. The molecule has 0 atom stereocenters. The fourth-order valence-corrected chi connectivity index (χ4v) is 2.65. The molecule has 0 saturated carbocycles. The van der Waals surface area contributed by atoms with Gasteiger partial charge in [-0.25, -0.2) is 0 Å². The van der Waals surface area contributed by atoms with Crippen molar-refractivity contribution in [2.45, 2.75) is 26.2 Å². The second kappa shape index (κ2) is 8.29. The summed E-state index contributed by atoms with van der Waals surface area (Å²) in [6, 6.07) is 6.16. The average molecular weight is 254 g/mol. The first kappa shape index (κ1) is 14.2. The van der Waals surface area contributed by atoms with Crippen LogP contribution in [0.25, 0.3) is 0 Å². The number of ether oxygens (including phenoxy) is 2. The van der Waals surface area contributed by atoms with E-state index in [0.29, 0.717) is 0 Å². The highest BCUT2D eigenvalue weighted by Crippen LogP contribution is 2.28. The van der Waals surface area contributed by atoms with Crippen LogP contribution in [-0.4, -0.2) is 25.7 Å². The summed E-state index contributed by atoms with van der Waals surface area (Å²) < 4.78 is 10.5. The molecule has 96 valence electrons. The van der Waals surface area contributed by atoms with Crippen LogP contribution in [-0.2, 0) is 6.42 Å². The van der Waals surface area contributed by atoms with Crippen molar-refractivity contribution in [1.82, 2.24) is 0 Å². The van der Waals surface area contributed by atoms with Gasteiger partial charge in [0.15, 0.2) is 11.5 Å². The first-order valence-corrected chi connectivity index (χ1v) is 7.26. The molecule has 1 aromatic rings. The first-order valence-electron chi connectivity index (χ1n) is 6.10. The summed E-state index contributed by atoms with van der Waals surface area (Å²) in [7, 11) is 3.34. The Labute approximate surface area is 109 Å². The van der Waals surface area contributed by atoms with E-state index in [4.69, 9.17) is 9.47 Å². The van der Waals surface area contributed by atoms with Gasteiger partial charge in [0, 0.05) is 0 Å². The third-order valence-electron chi connectivity index (χ3n) is 2.63. The zero-order valence-electron chi connectivity index (χ0n) is 11.0. The molecule has 0 amide bonds.